The van der Waals surface area contributed by atoms with Crippen molar-refractivity contribution in [2.75, 3.05) is 11.9 Å². The molecule has 3 rings (SSSR count). The number of amides is 1. The van der Waals surface area contributed by atoms with Gasteiger partial charge in [-0.25, -0.2) is 4.79 Å². The van der Waals surface area contributed by atoms with E-state index in [9.17, 15) is 9.59 Å². The summed E-state index contributed by atoms with van der Waals surface area (Å²) in [4.78, 5) is 24.7. The molecule has 1 aliphatic carbocycles. The van der Waals surface area contributed by atoms with Crippen molar-refractivity contribution in [1.29, 1.82) is 0 Å². The number of carbonyl (C=O) groups is 2. The lowest BCUT2D eigenvalue weighted by atomic mass is 9.98. The molecule has 1 amide bonds. The molecule has 2 aromatic carbocycles. The summed E-state index contributed by atoms with van der Waals surface area (Å²) in [7, 11) is 0. The minimum atomic E-state index is -0.911. The molecule has 29 heavy (non-hydrogen) atoms. The van der Waals surface area contributed by atoms with Gasteiger partial charge in [0, 0.05) is 5.69 Å². The van der Waals surface area contributed by atoms with Crippen molar-refractivity contribution in [3.8, 4) is 5.75 Å². The molecule has 0 radical (unpaired) electrons. The Labute approximate surface area is 172 Å². The highest BCUT2D eigenvalue weighted by molar-refractivity contribution is 5.96. The highest BCUT2D eigenvalue weighted by Gasteiger charge is 2.21. The summed E-state index contributed by atoms with van der Waals surface area (Å²) in [6, 6.07) is 11.8. The van der Waals surface area contributed by atoms with E-state index in [1.165, 1.54) is 11.1 Å². The van der Waals surface area contributed by atoms with Crippen LogP contribution in [0.5, 0.6) is 5.75 Å². The van der Waals surface area contributed by atoms with Gasteiger partial charge in [0.15, 0.2) is 12.7 Å². The fourth-order valence-corrected chi connectivity index (χ4v) is 3.63. The first kappa shape index (κ1) is 20.9. The van der Waals surface area contributed by atoms with Gasteiger partial charge in [-0.2, -0.15) is 0 Å². The van der Waals surface area contributed by atoms with Gasteiger partial charge in [0.25, 0.3) is 5.91 Å². The Kier molecular flexibility index (Phi) is 6.57. The molecule has 154 valence electrons. The van der Waals surface area contributed by atoms with E-state index in [4.69, 9.17) is 9.47 Å². The highest BCUT2D eigenvalue weighted by atomic mass is 16.6. The van der Waals surface area contributed by atoms with Crippen LogP contribution in [0.3, 0.4) is 0 Å². The first-order chi connectivity index (χ1) is 13.8. The van der Waals surface area contributed by atoms with E-state index in [0.717, 1.165) is 36.1 Å². The number of hydrogen-bond acceptors (Lipinski definition) is 4. The molecular formula is C24H29NO4. The largest absolute Gasteiger partial charge is 0.482 e. The minimum absolute atomic E-state index is 0.224. The zero-order valence-electron chi connectivity index (χ0n) is 17.6. The Morgan fingerprint density at radius 2 is 1.83 bits per heavy atom. The number of benzene rings is 2. The summed E-state index contributed by atoms with van der Waals surface area (Å²) in [5, 5.41) is 2.91. The number of esters is 1. The highest BCUT2D eigenvalue weighted by Crippen LogP contribution is 2.28. The van der Waals surface area contributed by atoms with Crippen LogP contribution in [0, 0.1) is 6.92 Å². The Morgan fingerprint density at radius 1 is 1.07 bits per heavy atom. The fourth-order valence-electron chi connectivity index (χ4n) is 3.63. The number of para-hydroxylation sites is 1. The normalized spacial score (nSPS) is 13.7. The van der Waals surface area contributed by atoms with Crippen LogP contribution in [-0.2, 0) is 27.2 Å². The molecule has 1 atom stereocenters. The zero-order chi connectivity index (χ0) is 21.0. The molecule has 0 saturated carbocycles. The third kappa shape index (κ3) is 5.17. The number of anilines is 1. The molecule has 0 heterocycles. The van der Waals surface area contributed by atoms with Crippen LogP contribution >= 0.6 is 0 Å². The van der Waals surface area contributed by atoms with E-state index in [1.807, 2.05) is 43.3 Å². The molecule has 0 aliphatic heterocycles. The van der Waals surface area contributed by atoms with Gasteiger partial charge < -0.3 is 14.8 Å². The predicted octanol–water partition coefficient (Wildman–Crippen LogP) is 4.56. The lowest BCUT2D eigenvalue weighted by molar-refractivity contribution is -0.155. The van der Waals surface area contributed by atoms with E-state index in [-0.39, 0.29) is 18.4 Å². The molecule has 0 fully saturated rings. The number of aryl methyl sites for hydroxylation is 3. The monoisotopic (exact) mass is 395 g/mol. The van der Waals surface area contributed by atoms with Crippen molar-refractivity contribution in [1.82, 2.24) is 0 Å². The predicted molar refractivity (Wildman–Crippen MR) is 113 cm³/mol. The van der Waals surface area contributed by atoms with Crippen molar-refractivity contribution in [3.05, 3.63) is 58.7 Å². The number of ether oxygens (including phenoxy) is 2. The van der Waals surface area contributed by atoms with Gasteiger partial charge in [-0.15, -0.1) is 0 Å². The van der Waals surface area contributed by atoms with Crippen LogP contribution in [-0.4, -0.2) is 24.6 Å². The van der Waals surface area contributed by atoms with Crippen LogP contribution in [0.15, 0.2) is 36.4 Å². The van der Waals surface area contributed by atoms with Gasteiger partial charge in [-0.3, -0.25) is 4.79 Å². The van der Waals surface area contributed by atoms with Gasteiger partial charge in [0.05, 0.1) is 0 Å². The number of rotatable bonds is 7. The van der Waals surface area contributed by atoms with Gasteiger partial charge in [-0.05, 0) is 73.4 Å². The number of nitrogens with one attached hydrogen (secondary N) is 1. The quantitative estimate of drug-likeness (QED) is 0.698. The molecule has 0 saturated heterocycles. The van der Waals surface area contributed by atoms with Crippen LogP contribution in [0.25, 0.3) is 0 Å². The van der Waals surface area contributed by atoms with Crippen LogP contribution in [0.2, 0.25) is 0 Å². The fraction of sp³-hybridized carbons (Fsp3) is 0.417. The Hall–Kier alpha value is -2.82. The summed E-state index contributed by atoms with van der Waals surface area (Å²) in [6.07, 6.45) is 2.40. The molecule has 0 unspecified atom stereocenters. The van der Waals surface area contributed by atoms with E-state index in [2.05, 4.69) is 19.2 Å². The number of fused-ring (bicyclic) bond motifs is 1. The van der Waals surface area contributed by atoms with Gasteiger partial charge >= 0.3 is 5.97 Å². The molecule has 1 N–H and O–H groups in total. The summed E-state index contributed by atoms with van der Waals surface area (Å²) in [5.41, 5.74) is 5.44. The lowest BCUT2D eigenvalue weighted by Gasteiger charge is -2.19. The van der Waals surface area contributed by atoms with E-state index < -0.39 is 12.1 Å². The maximum Gasteiger partial charge on any atom is 0.344 e. The average molecular weight is 395 g/mol. The number of carbonyl (C=O) groups excluding carboxylic acids is 2. The van der Waals surface area contributed by atoms with Crippen molar-refractivity contribution >= 4 is 17.6 Å². The molecule has 5 nitrogen and oxygen atoms in total. The smallest absolute Gasteiger partial charge is 0.344 e. The second-order valence-corrected chi connectivity index (χ2v) is 7.89. The third-order valence-electron chi connectivity index (χ3n) is 5.28. The van der Waals surface area contributed by atoms with Crippen LogP contribution < -0.4 is 10.1 Å². The SMILES string of the molecule is Cc1cccc(C(C)C)c1NC(=O)[C@@H](C)OC(=O)COc1ccc2c(c1)CCC2. The molecule has 1 aliphatic rings. The minimum Gasteiger partial charge on any atom is -0.482 e. The van der Waals surface area contributed by atoms with Crippen molar-refractivity contribution in [2.45, 2.75) is 59.0 Å². The third-order valence-corrected chi connectivity index (χ3v) is 5.28. The van der Waals surface area contributed by atoms with Crippen LogP contribution in [0.4, 0.5) is 5.69 Å². The standard InChI is InChI=1S/C24H29NO4/c1-15(2)21-10-5-7-16(3)23(21)25-24(27)17(4)29-22(26)14-28-20-12-11-18-8-6-9-19(18)13-20/h5,7,10-13,15,17H,6,8-9,14H2,1-4H3,(H,25,27)/t17-/m1/s1. The Morgan fingerprint density at radius 3 is 2.59 bits per heavy atom. The molecule has 0 bridgehead atoms. The second-order valence-electron chi connectivity index (χ2n) is 7.89. The van der Waals surface area contributed by atoms with Gasteiger partial charge in [0.2, 0.25) is 0 Å². The maximum absolute atomic E-state index is 12.5. The Balaban J connectivity index is 1.54. The second kappa shape index (κ2) is 9.12. The number of hydrogen-bond donors (Lipinski definition) is 1. The lowest BCUT2D eigenvalue weighted by Crippen LogP contribution is -2.32. The summed E-state index contributed by atoms with van der Waals surface area (Å²) < 4.78 is 10.8. The first-order valence-corrected chi connectivity index (χ1v) is 10.2. The molecule has 0 aromatic heterocycles. The van der Waals surface area contributed by atoms with E-state index in [0.29, 0.717) is 5.75 Å². The van der Waals surface area contributed by atoms with Crippen molar-refractivity contribution < 1.29 is 19.1 Å². The van der Waals surface area contributed by atoms with Gasteiger partial charge in [-0.1, -0.05) is 38.1 Å². The molecule has 5 heteroatoms. The average Bonchev–Trinajstić information content (AvgIpc) is 3.15. The van der Waals surface area contributed by atoms with Crippen molar-refractivity contribution in [2.24, 2.45) is 0 Å². The first-order valence-electron chi connectivity index (χ1n) is 10.2. The van der Waals surface area contributed by atoms with Crippen LogP contribution in [0.1, 0.15) is 55.4 Å². The summed E-state index contributed by atoms with van der Waals surface area (Å²) in [5.74, 6) is -0.000867. The van der Waals surface area contributed by atoms with Gasteiger partial charge in [0.1, 0.15) is 5.75 Å². The zero-order valence-corrected chi connectivity index (χ0v) is 17.6. The molecule has 2 aromatic rings. The van der Waals surface area contributed by atoms with E-state index >= 15 is 0 Å². The van der Waals surface area contributed by atoms with Crippen molar-refractivity contribution in [3.63, 3.8) is 0 Å². The molecule has 0 spiro atoms. The topological polar surface area (TPSA) is 64.6 Å². The molecular weight excluding hydrogens is 366 g/mol. The summed E-state index contributed by atoms with van der Waals surface area (Å²) >= 11 is 0. The summed E-state index contributed by atoms with van der Waals surface area (Å²) in [6.45, 7) is 7.44. The Bertz CT molecular complexity index is 904. The maximum atomic E-state index is 12.5. The van der Waals surface area contributed by atoms with E-state index in [1.54, 1.807) is 6.92 Å².